The maximum atomic E-state index is 12.4. The molecule has 0 radical (unpaired) electrons. The van der Waals surface area contributed by atoms with Crippen molar-refractivity contribution in [3.05, 3.63) is 17.7 Å². The maximum Gasteiger partial charge on any atom is 0.246 e. The number of halogens is 1. The minimum atomic E-state index is -3.59. The number of sulfonamides is 1. The summed E-state index contributed by atoms with van der Waals surface area (Å²) in [6, 6.07) is 0. The van der Waals surface area contributed by atoms with Crippen LogP contribution in [0.5, 0.6) is 0 Å². The van der Waals surface area contributed by atoms with Crippen LogP contribution in [0.2, 0.25) is 5.28 Å². The first-order valence-electron chi connectivity index (χ1n) is 5.90. The molecule has 0 amide bonds. The highest BCUT2D eigenvalue weighted by Crippen LogP contribution is 2.28. The number of aromatic nitrogens is 2. The van der Waals surface area contributed by atoms with Crippen LogP contribution in [0.3, 0.4) is 0 Å². The predicted octanol–water partition coefficient (Wildman–Crippen LogP) is 1.32. The Labute approximate surface area is 117 Å². The Morgan fingerprint density at radius 2 is 2.05 bits per heavy atom. The Kier molecular flexibility index (Phi) is 4.10. The lowest BCUT2D eigenvalue weighted by atomic mass is 9.96. The van der Waals surface area contributed by atoms with E-state index in [1.807, 2.05) is 6.92 Å². The summed E-state index contributed by atoms with van der Waals surface area (Å²) in [5.41, 5.74) is -0.446. The quantitative estimate of drug-likeness (QED) is 0.788. The van der Waals surface area contributed by atoms with Crippen molar-refractivity contribution in [1.29, 1.82) is 0 Å². The van der Waals surface area contributed by atoms with E-state index in [2.05, 4.69) is 9.97 Å². The summed E-state index contributed by atoms with van der Waals surface area (Å²) in [6.07, 6.45) is 4.05. The average molecular weight is 306 g/mol. The molecule has 0 aliphatic carbocycles. The molecule has 1 saturated heterocycles. The largest absolute Gasteiger partial charge is 0.377 e. The molecule has 0 N–H and O–H groups in total. The van der Waals surface area contributed by atoms with E-state index in [4.69, 9.17) is 16.3 Å². The van der Waals surface area contributed by atoms with Crippen LogP contribution < -0.4 is 0 Å². The average Bonchev–Trinajstić information content (AvgIpc) is 2.39. The van der Waals surface area contributed by atoms with Gasteiger partial charge in [-0.2, -0.15) is 4.31 Å². The van der Waals surface area contributed by atoms with Gasteiger partial charge >= 0.3 is 0 Å². The molecule has 1 fully saturated rings. The molecule has 19 heavy (non-hydrogen) atoms. The van der Waals surface area contributed by atoms with E-state index in [0.29, 0.717) is 13.1 Å². The molecule has 6 nitrogen and oxygen atoms in total. The third-order valence-electron chi connectivity index (χ3n) is 3.35. The monoisotopic (exact) mass is 305 g/mol. The molecule has 8 heteroatoms. The molecule has 0 aromatic carbocycles. The molecule has 0 saturated carbocycles. The molecule has 1 aromatic rings. The Hall–Kier alpha value is -0.760. The van der Waals surface area contributed by atoms with Crippen LogP contribution in [-0.4, -0.2) is 48.5 Å². The van der Waals surface area contributed by atoms with Crippen LogP contribution >= 0.6 is 11.6 Å². The highest BCUT2D eigenvalue weighted by molar-refractivity contribution is 7.89. The molecule has 1 unspecified atom stereocenters. The lowest BCUT2D eigenvalue weighted by Crippen LogP contribution is -2.49. The molecular weight excluding hydrogens is 290 g/mol. The van der Waals surface area contributed by atoms with Gasteiger partial charge in [0.05, 0.1) is 18.0 Å². The van der Waals surface area contributed by atoms with Gasteiger partial charge < -0.3 is 4.74 Å². The first-order valence-corrected chi connectivity index (χ1v) is 7.72. The number of hydrogen-bond donors (Lipinski definition) is 0. The molecular formula is C11H16ClN3O3S. The first kappa shape index (κ1) is 14.6. The van der Waals surface area contributed by atoms with Crippen molar-refractivity contribution in [2.75, 3.05) is 20.2 Å². The van der Waals surface area contributed by atoms with Crippen LogP contribution in [0.1, 0.15) is 19.8 Å². The van der Waals surface area contributed by atoms with Crippen molar-refractivity contribution in [3.8, 4) is 0 Å². The van der Waals surface area contributed by atoms with Crippen LogP contribution in [0.4, 0.5) is 0 Å². The van der Waals surface area contributed by atoms with E-state index >= 15 is 0 Å². The summed E-state index contributed by atoms with van der Waals surface area (Å²) < 4.78 is 31.7. The summed E-state index contributed by atoms with van der Waals surface area (Å²) in [5.74, 6) is 0. The molecule has 106 valence electrons. The summed E-state index contributed by atoms with van der Waals surface area (Å²) >= 11 is 5.56. The number of ether oxygens (including phenoxy) is 1. The normalized spacial score (nSPS) is 25.4. The standard InChI is InChI=1S/C11H16ClN3O3S/c1-11(18-2)4-3-5-15(8-11)19(16,17)9-6-13-10(12)14-7-9/h6-7H,3-5,8H2,1-2H3. The SMILES string of the molecule is COC1(C)CCCN(S(=O)(=O)c2cnc(Cl)nc2)C1. The summed E-state index contributed by atoms with van der Waals surface area (Å²) in [6.45, 7) is 2.71. The zero-order valence-corrected chi connectivity index (χ0v) is 12.4. The fraction of sp³-hybridized carbons (Fsp3) is 0.636. The van der Waals surface area contributed by atoms with Gasteiger partial charge in [-0.15, -0.1) is 0 Å². The third-order valence-corrected chi connectivity index (χ3v) is 5.34. The molecule has 0 bridgehead atoms. The highest BCUT2D eigenvalue weighted by Gasteiger charge is 2.37. The van der Waals surface area contributed by atoms with E-state index in [9.17, 15) is 8.42 Å². The van der Waals surface area contributed by atoms with Gasteiger partial charge in [-0.1, -0.05) is 0 Å². The second-order valence-corrected chi connectivity index (χ2v) is 7.06. The number of methoxy groups -OCH3 is 1. The fourth-order valence-electron chi connectivity index (χ4n) is 2.12. The highest BCUT2D eigenvalue weighted by atomic mass is 35.5. The van der Waals surface area contributed by atoms with E-state index in [-0.39, 0.29) is 10.2 Å². The van der Waals surface area contributed by atoms with Gasteiger partial charge in [-0.3, -0.25) is 0 Å². The van der Waals surface area contributed by atoms with Crippen molar-refractivity contribution >= 4 is 21.6 Å². The topological polar surface area (TPSA) is 72.4 Å². The molecule has 1 aliphatic rings. The number of rotatable bonds is 3. The van der Waals surface area contributed by atoms with Crippen LogP contribution in [0, 0.1) is 0 Å². The Morgan fingerprint density at radius 3 is 2.63 bits per heavy atom. The lowest BCUT2D eigenvalue weighted by Gasteiger charge is -2.38. The molecule has 2 heterocycles. The smallest absolute Gasteiger partial charge is 0.246 e. The van der Waals surface area contributed by atoms with Gasteiger partial charge in [0.1, 0.15) is 4.90 Å². The zero-order valence-electron chi connectivity index (χ0n) is 10.8. The van der Waals surface area contributed by atoms with E-state index in [0.717, 1.165) is 12.8 Å². The van der Waals surface area contributed by atoms with E-state index < -0.39 is 15.6 Å². The summed E-state index contributed by atoms with van der Waals surface area (Å²) in [7, 11) is -1.99. The van der Waals surface area contributed by atoms with E-state index in [1.165, 1.54) is 16.7 Å². The summed E-state index contributed by atoms with van der Waals surface area (Å²) in [4.78, 5) is 7.48. The number of piperidine rings is 1. The van der Waals surface area contributed by atoms with E-state index in [1.54, 1.807) is 7.11 Å². The lowest BCUT2D eigenvalue weighted by molar-refractivity contribution is -0.0319. The van der Waals surface area contributed by atoms with Gasteiger partial charge in [0.15, 0.2) is 0 Å². The van der Waals surface area contributed by atoms with Crippen LogP contribution in [0.15, 0.2) is 17.3 Å². The second-order valence-electron chi connectivity index (χ2n) is 4.78. The van der Waals surface area contributed by atoms with Crippen LogP contribution in [-0.2, 0) is 14.8 Å². The molecule has 0 spiro atoms. The minimum absolute atomic E-state index is 0.0272. The maximum absolute atomic E-state index is 12.4. The van der Waals surface area contributed by atoms with Gasteiger partial charge in [-0.25, -0.2) is 18.4 Å². The fourth-order valence-corrected chi connectivity index (χ4v) is 3.70. The van der Waals surface area contributed by atoms with Crippen molar-refractivity contribution in [3.63, 3.8) is 0 Å². The molecule has 1 atom stereocenters. The molecule has 1 aliphatic heterocycles. The van der Waals surface area contributed by atoms with Crippen molar-refractivity contribution in [2.24, 2.45) is 0 Å². The predicted molar refractivity (Wildman–Crippen MR) is 70.4 cm³/mol. The Balaban J connectivity index is 2.27. The van der Waals surface area contributed by atoms with Gasteiger partial charge in [0.2, 0.25) is 15.3 Å². The zero-order chi connectivity index (χ0) is 14.1. The Morgan fingerprint density at radius 1 is 1.42 bits per heavy atom. The van der Waals surface area contributed by atoms with Crippen molar-refractivity contribution < 1.29 is 13.2 Å². The molecule has 1 aromatic heterocycles. The third kappa shape index (κ3) is 3.05. The minimum Gasteiger partial charge on any atom is -0.377 e. The van der Waals surface area contributed by atoms with Gasteiger partial charge in [0, 0.05) is 20.2 Å². The first-order chi connectivity index (χ1) is 8.87. The van der Waals surface area contributed by atoms with Gasteiger partial charge in [-0.05, 0) is 31.4 Å². The van der Waals surface area contributed by atoms with Crippen molar-refractivity contribution in [2.45, 2.75) is 30.3 Å². The molecule has 2 rings (SSSR count). The Bertz CT molecular complexity index is 549. The van der Waals surface area contributed by atoms with Crippen molar-refractivity contribution in [1.82, 2.24) is 14.3 Å². The van der Waals surface area contributed by atoms with Crippen LogP contribution in [0.25, 0.3) is 0 Å². The number of hydrogen-bond acceptors (Lipinski definition) is 5. The number of nitrogens with zero attached hydrogens (tertiary/aromatic N) is 3. The second kappa shape index (κ2) is 5.32. The van der Waals surface area contributed by atoms with Gasteiger partial charge in [0.25, 0.3) is 0 Å². The summed E-state index contributed by atoms with van der Waals surface area (Å²) in [5, 5.41) is 0.0272.